The van der Waals surface area contributed by atoms with Crippen molar-refractivity contribution in [1.29, 1.82) is 0 Å². The molecule has 1 heterocycles. The summed E-state index contributed by atoms with van der Waals surface area (Å²) in [6.07, 6.45) is 1.15. The van der Waals surface area contributed by atoms with Crippen LogP contribution in [0.25, 0.3) is 0 Å². The van der Waals surface area contributed by atoms with E-state index >= 15 is 0 Å². The van der Waals surface area contributed by atoms with Gasteiger partial charge in [0.25, 0.3) is 0 Å². The number of halogens is 2. The summed E-state index contributed by atoms with van der Waals surface area (Å²) in [6.45, 7) is 4.06. The van der Waals surface area contributed by atoms with E-state index in [1.165, 1.54) is 0 Å². The summed E-state index contributed by atoms with van der Waals surface area (Å²) >= 11 is 13.1. The molecule has 1 amide bonds. The van der Waals surface area contributed by atoms with E-state index in [-0.39, 0.29) is 24.0 Å². The smallest absolute Gasteiger partial charge is 0.232 e. The van der Waals surface area contributed by atoms with Crippen LogP contribution in [0.3, 0.4) is 0 Å². The molecule has 172 valence electrons. The fourth-order valence-corrected chi connectivity index (χ4v) is 6.01. The number of amides is 1. The van der Waals surface area contributed by atoms with Gasteiger partial charge in [-0.2, -0.15) is 0 Å². The second-order valence-corrected chi connectivity index (χ2v) is 9.95. The van der Waals surface area contributed by atoms with Gasteiger partial charge in [-0.05, 0) is 66.6 Å². The fraction of sp³-hybridized carbons (Fsp3) is 0.241. The van der Waals surface area contributed by atoms with Crippen molar-refractivity contribution in [2.45, 2.75) is 44.9 Å². The zero-order valence-corrected chi connectivity index (χ0v) is 20.7. The predicted molar refractivity (Wildman–Crippen MR) is 138 cm³/mol. The molecule has 34 heavy (non-hydrogen) atoms. The number of allylic oxidation sites excluding steroid dienone is 2. The molecule has 0 saturated heterocycles. The Bertz CT molecular complexity index is 1310. The van der Waals surface area contributed by atoms with Crippen molar-refractivity contribution in [2.75, 3.05) is 4.90 Å². The van der Waals surface area contributed by atoms with E-state index in [0.29, 0.717) is 34.0 Å². The van der Waals surface area contributed by atoms with Crippen LogP contribution >= 0.6 is 23.2 Å². The summed E-state index contributed by atoms with van der Waals surface area (Å²) in [6, 6.07) is 21.3. The van der Waals surface area contributed by atoms with Gasteiger partial charge >= 0.3 is 0 Å². The predicted octanol–water partition coefficient (Wildman–Crippen LogP) is 7.53. The molecule has 1 aliphatic carbocycles. The Morgan fingerprint density at radius 1 is 0.794 bits per heavy atom. The minimum absolute atomic E-state index is 0.00772. The Labute approximate surface area is 210 Å². The third-order valence-electron chi connectivity index (χ3n) is 7.17. The van der Waals surface area contributed by atoms with Crippen LogP contribution in [-0.4, -0.2) is 11.7 Å². The lowest BCUT2D eigenvalue weighted by Gasteiger charge is -2.41. The van der Waals surface area contributed by atoms with E-state index in [0.717, 1.165) is 28.1 Å². The molecule has 0 N–H and O–H groups in total. The largest absolute Gasteiger partial charge is 0.294 e. The molecular formula is C29H25Cl2NO2. The third-order valence-corrected chi connectivity index (χ3v) is 7.82. The van der Waals surface area contributed by atoms with Gasteiger partial charge in [0.15, 0.2) is 5.78 Å². The molecule has 2 unspecified atom stereocenters. The summed E-state index contributed by atoms with van der Waals surface area (Å²) in [5, 5.41) is 0.964. The highest BCUT2D eigenvalue weighted by atomic mass is 35.5. The van der Waals surface area contributed by atoms with Crippen molar-refractivity contribution in [3.05, 3.63) is 110 Å². The highest BCUT2D eigenvalue weighted by molar-refractivity contribution is 6.36. The summed E-state index contributed by atoms with van der Waals surface area (Å²) < 4.78 is 0. The van der Waals surface area contributed by atoms with Crippen molar-refractivity contribution in [3.8, 4) is 0 Å². The Kier molecular flexibility index (Phi) is 6.09. The second-order valence-electron chi connectivity index (χ2n) is 9.14. The van der Waals surface area contributed by atoms with Crippen molar-refractivity contribution in [3.63, 3.8) is 0 Å². The van der Waals surface area contributed by atoms with E-state index in [1.54, 1.807) is 23.1 Å². The van der Waals surface area contributed by atoms with Crippen molar-refractivity contribution in [2.24, 2.45) is 0 Å². The number of benzene rings is 3. The SMILES string of the molecule is Cc1cccc(N2C(=O)CC(c3c(Cl)cccc3Cl)C3=C2CC(c2ccccc2)CC3=O)c1C. The molecular weight excluding hydrogens is 465 g/mol. The van der Waals surface area contributed by atoms with Crippen LogP contribution in [-0.2, 0) is 9.59 Å². The van der Waals surface area contributed by atoms with Crippen LogP contribution in [0.2, 0.25) is 10.0 Å². The van der Waals surface area contributed by atoms with E-state index in [1.807, 2.05) is 50.2 Å². The number of anilines is 1. The zero-order valence-electron chi connectivity index (χ0n) is 19.1. The molecule has 1 aliphatic heterocycles. The van der Waals surface area contributed by atoms with Gasteiger partial charge in [0, 0.05) is 40.1 Å². The monoisotopic (exact) mass is 489 g/mol. The first-order valence-electron chi connectivity index (χ1n) is 11.5. The van der Waals surface area contributed by atoms with Gasteiger partial charge in [0.1, 0.15) is 0 Å². The summed E-state index contributed by atoms with van der Waals surface area (Å²) in [7, 11) is 0. The van der Waals surface area contributed by atoms with E-state index in [9.17, 15) is 9.59 Å². The van der Waals surface area contributed by atoms with Crippen LogP contribution in [0.1, 0.15) is 53.4 Å². The Balaban J connectivity index is 1.72. The van der Waals surface area contributed by atoms with Crippen LogP contribution in [0.5, 0.6) is 0 Å². The van der Waals surface area contributed by atoms with Crippen molar-refractivity contribution >= 4 is 40.6 Å². The van der Waals surface area contributed by atoms with E-state index in [2.05, 4.69) is 12.1 Å². The lowest BCUT2D eigenvalue weighted by molar-refractivity contribution is -0.120. The van der Waals surface area contributed by atoms with Gasteiger partial charge in [-0.25, -0.2) is 0 Å². The van der Waals surface area contributed by atoms with E-state index in [4.69, 9.17) is 23.2 Å². The minimum Gasteiger partial charge on any atom is -0.294 e. The number of carbonyl (C=O) groups is 2. The first-order chi connectivity index (χ1) is 16.4. The molecule has 0 radical (unpaired) electrons. The quantitative estimate of drug-likeness (QED) is 0.381. The lowest BCUT2D eigenvalue weighted by Crippen LogP contribution is -2.42. The third kappa shape index (κ3) is 3.87. The highest BCUT2D eigenvalue weighted by Crippen LogP contribution is 2.49. The molecule has 0 aromatic heterocycles. The zero-order chi connectivity index (χ0) is 24.0. The van der Waals surface area contributed by atoms with Crippen LogP contribution < -0.4 is 4.90 Å². The molecule has 2 aliphatic rings. The number of hydrogen-bond donors (Lipinski definition) is 0. The minimum atomic E-state index is -0.450. The van der Waals surface area contributed by atoms with Gasteiger partial charge < -0.3 is 0 Å². The van der Waals surface area contributed by atoms with Crippen molar-refractivity contribution in [1.82, 2.24) is 0 Å². The van der Waals surface area contributed by atoms with Crippen molar-refractivity contribution < 1.29 is 9.59 Å². The Morgan fingerprint density at radius 3 is 2.18 bits per heavy atom. The van der Waals surface area contributed by atoms with Gasteiger partial charge in [-0.15, -0.1) is 0 Å². The first kappa shape index (κ1) is 22.9. The van der Waals surface area contributed by atoms with Crippen LogP contribution in [0.4, 0.5) is 5.69 Å². The molecule has 0 spiro atoms. The average molecular weight is 490 g/mol. The number of Topliss-reactive ketones (excluding diaryl/α,β-unsaturated/α-hetero) is 1. The molecule has 5 rings (SSSR count). The highest BCUT2D eigenvalue weighted by Gasteiger charge is 2.43. The maximum atomic E-state index is 13.8. The molecule has 3 nitrogen and oxygen atoms in total. The van der Waals surface area contributed by atoms with Gasteiger partial charge in [-0.1, -0.05) is 71.7 Å². The standard InChI is InChI=1S/C29H25Cl2NO2/c1-17-8-6-13-24(18(17)2)32-25-14-20(19-9-4-3-5-10-19)15-26(33)29(25)21(16-27(32)34)28-22(30)11-7-12-23(28)31/h3-13,20-21H,14-16H2,1-2H3. The molecule has 0 bridgehead atoms. The number of hydrogen-bond acceptors (Lipinski definition) is 2. The summed E-state index contributed by atoms with van der Waals surface area (Å²) in [5.41, 5.74) is 6.19. The molecule has 0 fully saturated rings. The lowest BCUT2D eigenvalue weighted by atomic mass is 9.72. The van der Waals surface area contributed by atoms with E-state index < -0.39 is 5.92 Å². The molecule has 2 atom stereocenters. The fourth-order valence-electron chi connectivity index (χ4n) is 5.34. The first-order valence-corrected chi connectivity index (χ1v) is 12.3. The summed E-state index contributed by atoms with van der Waals surface area (Å²) in [4.78, 5) is 29.3. The number of nitrogens with zero attached hydrogens (tertiary/aromatic N) is 1. The van der Waals surface area contributed by atoms with Gasteiger partial charge in [-0.3, -0.25) is 14.5 Å². The number of carbonyl (C=O) groups excluding carboxylic acids is 2. The number of aryl methyl sites for hydroxylation is 1. The van der Waals surface area contributed by atoms with Gasteiger partial charge in [0.05, 0.1) is 5.69 Å². The van der Waals surface area contributed by atoms with Crippen LogP contribution in [0.15, 0.2) is 78.0 Å². The molecule has 0 saturated carbocycles. The average Bonchev–Trinajstić information content (AvgIpc) is 2.81. The normalized spacial score (nSPS) is 20.5. The summed E-state index contributed by atoms with van der Waals surface area (Å²) in [5.74, 6) is -0.434. The Hall–Kier alpha value is -2.88. The number of ketones is 1. The van der Waals surface area contributed by atoms with Gasteiger partial charge in [0.2, 0.25) is 5.91 Å². The van der Waals surface area contributed by atoms with Crippen LogP contribution in [0, 0.1) is 13.8 Å². The topological polar surface area (TPSA) is 37.4 Å². The maximum Gasteiger partial charge on any atom is 0.232 e. The second kappa shape index (κ2) is 9.05. The molecule has 3 aromatic carbocycles. The maximum absolute atomic E-state index is 13.8. The number of rotatable bonds is 3. The molecule has 5 heteroatoms. The Morgan fingerprint density at radius 2 is 1.47 bits per heavy atom. The molecule has 3 aromatic rings.